The minimum Gasteiger partial charge on any atom is -0.480 e. The molecule has 0 aliphatic heterocycles. The van der Waals surface area contributed by atoms with Gasteiger partial charge in [-0.3, -0.25) is 9.59 Å². The van der Waals surface area contributed by atoms with Gasteiger partial charge in [-0.2, -0.15) is 0 Å². The van der Waals surface area contributed by atoms with Crippen molar-refractivity contribution in [1.82, 2.24) is 4.90 Å². The molecule has 1 N–H and O–H groups in total. The Morgan fingerprint density at radius 3 is 1.95 bits per heavy atom. The molecule has 0 aromatic heterocycles. The summed E-state index contributed by atoms with van der Waals surface area (Å²) in [5, 5.41) is 9.02. The van der Waals surface area contributed by atoms with Crippen LogP contribution >= 0.6 is 0 Å². The summed E-state index contributed by atoms with van der Waals surface area (Å²) in [4.78, 5) is 25.2. The summed E-state index contributed by atoms with van der Waals surface area (Å²) < 4.78 is 0. The van der Waals surface area contributed by atoms with Crippen molar-refractivity contribution in [3.05, 3.63) is 0 Å². The first kappa shape index (κ1) is 14.9. The van der Waals surface area contributed by atoms with E-state index in [-0.39, 0.29) is 23.9 Å². The van der Waals surface area contributed by atoms with Gasteiger partial charge in [0.1, 0.15) is 6.54 Å². The van der Waals surface area contributed by atoms with Crippen molar-refractivity contribution in [2.45, 2.75) is 64.8 Å². The van der Waals surface area contributed by atoms with E-state index in [2.05, 4.69) is 0 Å². The number of hydrogen-bond acceptors (Lipinski definition) is 2. The van der Waals surface area contributed by atoms with Crippen molar-refractivity contribution in [2.24, 2.45) is 23.2 Å². The van der Waals surface area contributed by atoms with Gasteiger partial charge in [-0.25, -0.2) is 0 Å². The van der Waals surface area contributed by atoms with Crippen LogP contribution in [0.25, 0.3) is 0 Å². The minimum absolute atomic E-state index is 0.0393. The highest BCUT2D eigenvalue weighted by atomic mass is 16.4. The maximum absolute atomic E-state index is 12.7. The van der Waals surface area contributed by atoms with Gasteiger partial charge in [0.25, 0.3) is 0 Å². The van der Waals surface area contributed by atoms with E-state index in [4.69, 9.17) is 5.11 Å². The molecule has 21 heavy (non-hydrogen) atoms. The molecule has 4 nitrogen and oxygen atoms in total. The van der Waals surface area contributed by atoms with Crippen LogP contribution in [0, 0.1) is 23.2 Å². The van der Waals surface area contributed by atoms with E-state index >= 15 is 0 Å². The molecule has 0 aromatic carbocycles. The van der Waals surface area contributed by atoms with Gasteiger partial charge >= 0.3 is 5.97 Å². The maximum atomic E-state index is 12.7. The van der Waals surface area contributed by atoms with Crippen LogP contribution < -0.4 is 0 Å². The third-order valence-corrected chi connectivity index (χ3v) is 5.94. The van der Waals surface area contributed by atoms with Gasteiger partial charge in [-0.1, -0.05) is 0 Å². The number of carboxylic acid groups (broad SMARTS) is 1. The first-order valence-electron chi connectivity index (χ1n) is 8.38. The first-order chi connectivity index (χ1) is 9.87. The topological polar surface area (TPSA) is 57.6 Å². The van der Waals surface area contributed by atoms with E-state index in [1.807, 2.05) is 13.8 Å². The average molecular weight is 293 g/mol. The van der Waals surface area contributed by atoms with Crippen molar-refractivity contribution in [1.29, 1.82) is 0 Å². The number of amides is 1. The normalized spacial score (nSPS) is 37.0. The SMILES string of the molecule is CC(C)N(CC(=O)O)C(=O)CC12CC3CC(CC(C3)C1)C2. The second-order valence-corrected chi connectivity index (χ2v) is 8.10. The molecule has 4 rings (SSSR count). The number of rotatable bonds is 5. The molecule has 1 amide bonds. The minimum atomic E-state index is -0.914. The zero-order valence-electron chi connectivity index (χ0n) is 13.2. The van der Waals surface area contributed by atoms with Crippen LogP contribution in [-0.2, 0) is 9.59 Å². The monoisotopic (exact) mass is 293 g/mol. The molecule has 0 heterocycles. The van der Waals surface area contributed by atoms with E-state index in [1.165, 1.54) is 38.5 Å². The van der Waals surface area contributed by atoms with Gasteiger partial charge in [0.15, 0.2) is 0 Å². The Morgan fingerprint density at radius 1 is 1.10 bits per heavy atom. The molecular formula is C17H27NO3. The summed E-state index contributed by atoms with van der Waals surface area (Å²) in [6, 6.07) is -0.0393. The molecule has 0 saturated heterocycles. The molecule has 0 radical (unpaired) electrons. The van der Waals surface area contributed by atoms with Crippen molar-refractivity contribution in [3.8, 4) is 0 Å². The molecule has 0 spiro atoms. The Morgan fingerprint density at radius 2 is 1.57 bits per heavy atom. The molecule has 0 atom stereocenters. The fourth-order valence-corrected chi connectivity index (χ4v) is 5.63. The lowest BCUT2D eigenvalue weighted by Gasteiger charge is -2.57. The Kier molecular flexibility index (Phi) is 3.74. The molecule has 4 heteroatoms. The molecule has 0 aromatic rings. The number of hydrogen-bond donors (Lipinski definition) is 1. The smallest absolute Gasteiger partial charge is 0.323 e. The van der Waals surface area contributed by atoms with Crippen molar-refractivity contribution in [3.63, 3.8) is 0 Å². The molecule has 4 bridgehead atoms. The van der Waals surface area contributed by atoms with E-state index < -0.39 is 5.97 Å². The van der Waals surface area contributed by atoms with Gasteiger partial charge in [0, 0.05) is 12.5 Å². The van der Waals surface area contributed by atoms with Crippen molar-refractivity contribution < 1.29 is 14.7 Å². The molecule has 118 valence electrons. The largest absolute Gasteiger partial charge is 0.480 e. The quantitative estimate of drug-likeness (QED) is 0.848. The van der Waals surface area contributed by atoms with Crippen molar-refractivity contribution >= 4 is 11.9 Å². The molecular weight excluding hydrogens is 266 g/mol. The van der Waals surface area contributed by atoms with Gasteiger partial charge in [-0.15, -0.1) is 0 Å². The zero-order valence-corrected chi connectivity index (χ0v) is 13.2. The van der Waals surface area contributed by atoms with Crippen LogP contribution in [0.1, 0.15) is 58.8 Å². The van der Waals surface area contributed by atoms with Gasteiger partial charge < -0.3 is 10.0 Å². The molecule has 4 aliphatic rings. The Balaban J connectivity index is 1.70. The second-order valence-electron chi connectivity index (χ2n) is 8.10. The molecule has 4 saturated carbocycles. The third kappa shape index (κ3) is 2.95. The summed E-state index contributed by atoms with van der Waals surface area (Å²) >= 11 is 0. The fraction of sp³-hybridized carbons (Fsp3) is 0.882. The average Bonchev–Trinajstić information content (AvgIpc) is 2.32. The molecule has 4 fully saturated rings. The summed E-state index contributed by atoms with van der Waals surface area (Å²) in [5.74, 6) is 1.62. The van der Waals surface area contributed by atoms with E-state index in [0.29, 0.717) is 6.42 Å². The van der Waals surface area contributed by atoms with Crippen molar-refractivity contribution in [2.75, 3.05) is 6.54 Å². The highest BCUT2D eigenvalue weighted by Gasteiger charge is 2.51. The molecule has 4 aliphatic carbocycles. The highest BCUT2D eigenvalue weighted by molar-refractivity contribution is 5.82. The van der Waals surface area contributed by atoms with Crippen LogP contribution in [0.15, 0.2) is 0 Å². The standard InChI is InChI=1S/C17H27NO3/c1-11(2)18(10-16(20)21)15(19)9-17-6-12-3-13(7-17)5-14(4-12)8-17/h11-14H,3-10H2,1-2H3,(H,20,21). The van der Waals surface area contributed by atoms with Crippen LogP contribution in [0.2, 0.25) is 0 Å². The van der Waals surface area contributed by atoms with Crippen LogP contribution in [0.5, 0.6) is 0 Å². The number of carboxylic acids is 1. The van der Waals surface area contributed by atoms with E-state index in [9.17, 15) is 9.59 Å². The maximum Gasteiger partial charge on any atom is 0.323 e. The second kappa shape index (κ2) is 5.29. The summed E-state index contributed by atoms with van der Waals surface area (Å²) in [5.41, 5.74) is 0.192. The lowest BCUT2D eigenvalue weighted by atomic mass is 9.49. The molecule has 0 unspecified atom stereocenters. The van der Waals surface area contributed by atoms with Crippen LogP contribution in [0.4, 0.5) is 0 Å². The van der Waals surface area contributed by atoms with E-state index in [1.54, 1.807) is 4.90 Å². The first-order valence-corrected chi connectivity index (χ1v) is 8.38. The third-order valence-electron chi connectivity index (χ3n) is 5.94. The van der Waals surface area contributed by atoms with Crippen LogP contribution in [0.3, 0.4) is 0 Å². The predicted molar refractivity (Wildman–Crippen MR) is 79.7 cm³/mol. The van der Waals surface area contributed by atoms with E-state index in [0.717, 1.165) is 17.8 Å². The van der Waals surface area contributed by atoms with Gasteiger partial charge in [0.2, 0.25) is 5.91 Å². The summed E-state index contributed by atoms with van der Waals surface area (Å²) in [6.45, 7) is 3.64. The Bertz CT molecular complexity index is 408. The number of carbonyl (C=O) groups is 2. The lowest BCUT2D eigenvalue weighted by Crippen LogP contribution is -2.49. The number of aliphatic carboxylic acids is 1. The predicted octanol–water partition coefficient (Wildman–Crippen LogP) is 2.91. The summed E-state index contributed by atoms with van der Waals surface area (Å²) in [6.07, 6.45) is 8.28. The van der Waals surface area contributed by atoms with Crippen LogP contribution in [-0.4, -0.2) is 34.5 Å². The number of carbonyl (C=O) groups excluding carboxylic acids is 1. The van der Waals surface area contributed by atoms with Gasteiger partial charge in [0.05, 0.1) is 0 Å². The summed E-state index contributed by atoms with van der Waals surface area (Å²) in [7, 11) is 0. The number of nitrogens with zero attached hydrogens (tertiary/aromatic N) is 1. The van der Waals surface area contributed by atoms with Gasteiger partial charge in [-0.05, 0) is 75.5 Å². The Labute approximate surface area is 126 Å². The highest BCUT2D eigenvalue weighted by Crippen LogP contribution is 2.61. The lowest BCUT2D eigenvalue weighted by molar-refractivity contribution is -0.149. The zero-order chi connectivity index (χ0) is 15.2. The fourth-order valence-electron chi connectivity index (χ4n) is 5.63. The Hall–Kier alpha value is -1.06.